The van der Waals surface area contributed by atoms with Gasteiger partial charge in [0.15, 0.2) is 0 Å². The molecule has 2 nitrogen and oxygen atoms in total. The van der Waals surface area contributed by atoms with Crippen molar-refractivity contribution >= 4 is 0 Å². The Morgan fingerprint density at radius 3 is 2.24 bits per heavy atom. The number of aryl methyl sites for hydroxylation is 3. The predicted molar refractivity (Wildman–Crippen MR) is 90.8 cm³/mol. The molecule has 1 heterocycles. The lowest BCUT2D eigenvalue weighted by atomic mass is 10.00. The fourth-order valence-electron chi connectivity index (χ4n) is 2.75. The molecule has 2 rings (SSSR count). The highest BCUT2D eigenvalue weighted by atomic mass is 15.0. The maximum Gasteiger partial charge on any atom is 0.0478 e. The van der Waals surface area contributed by atoms with Crippen molar-refractivity contribution < 1.29 is 0 Å². The van der Waals surface area contributed by atoms with Crippen LogP contribution >= 0.6 is 0 Å². The first-order chi connectivity index (χ1) is 9.76. The van der Waals surface area contributed by atoms with Gasteiger partial charge in [-0.15, -0.1) is 0 Å². The molecule has 0 atom stereocenters. The minimum Gasteiger partial charge on any atom is -0.346 e. The van der Waals surface area contributed by atoms with E-state index in [1.165, 1.54) is 27.9 Å². The third-order valence-electron chi connectivity index (χ3n) is 3.89. The van der Waals surface area contributed by atoms with Gasteiger partial charge in [0.2, 0.25) is 0 Å². The second kappa shape index (κ2) is 6.07. The zero-order valence-electron chi connectivity index (χ0n) is 14.2. The van der Waals surface area contributed by atoms with Crippen molar-refractivity contribution in [1.82, 2.24) is 9.88 Å². The molecule has 114 valence electrons. The van der Waals surface area contributed by atoms with Crippen LogP contribution in [0.25, 0.3) is 0 Å². The third kappa shape index (κ3) is 4.21. The fourth-order valence-corrected chi connectivity index (χ4v) is 2.75. The Bertz CT molecular complexity index is 592. The van der Waals surface area contributed by atoms with Crippen molar-refractivity contribution in [2.45, 2.75) is 60.2 Å². The lowest BCUT2D eigenvalue weighted by Crippen LogP contribution is -2.35. The quantitative estimate of drug-likeness (QED) is 0.883. The molecular weight excluding hydrogens is 256 g/mol. The Hall–Kier alpha value is -1.54. The van der Waals surface area contributed by atoms with E-state index < -0.39 is 0 Å². The van der Waals surface area contributed by atoms with Crippen LogP contribution in [0, 0.1) is 20.8 Å². The first-order valence-corrected chi connectivity index (χ1v) is 7.72. The molecule has 0 aliphatic heterocycles. The van der Waals surface area contributed by atoms with Gasteiger partial charge in [0, 0.05) is 30.5 Å². The Morgan fingerprint density at radius 1 is 1.05 bits per heavy atom. The summed E-state index contributed by atoms with van der Waals surface area (Å²) in [7, 11) is 0. The van der Waals surface area contributed by atoms with E-state index in [1.807, 2.05) is 0 Å². The van der Waals surface area contributed by atoms with Gasteiger partial charge in [-0.3, -0.25) is 0 Å². The van der Waals surface area contributed by atoms with Crippen molar-refractivity contribution in [3.05, 3.63) is 58.4 Å². The molecule has 0 unspecified atom stereocenters. The van der Waals surface area contributed by atoms with Crippen LogP contribution in [-0.4, -0.2) is 10.1 Å². The van der Waals surface area contributed by atoms with Crippen molar-refractivity contribution in [3.8, 4) is 0 Å². The largest absolute Gasteiger partial charge is 0.346 e. The molecule has 0 aliphatic rings. The van der Waals surface area contributed by atoms with Crippen LogP contribution in [0.5, 0.6) is 0 Å². The molecule has 0 fully saturated rings. The van der Waals surface area contributed by atoms with Gasteiger partial charge in [0.1, 0.15) is 0 Å². The molecule has 1 N–H and O–H groups in total. The second-order valence-electron chi connectivity index (χ2n) is 7.11. The number of nitrogens with one attached hydrogen (secondary N) is 1. The Kier molecular flexibility index (Phi) is 4.58. The number of rotatable bonds is 4. The standard InChI is InChI=1S/C19H28N2/c1-14-10-15(2)18(16(3)11-14)13-21-9-7-8-17(21)12-20-19(4,5)6/h7-11,20H,12-13H2,1-6H3. The zero-order chi connectivity index (χ0) is 15.6. The van der Waals surface area contributed by atoms with Crippen LogP contribution in [0.4, 0.5) is 0 Å². The first-order valence-electron chi connectivity index (χ1n) is 7.72. The van der Waals surface area contributed by atoms with E-state index >= 15 is 0 Å². The molecule has 0 aliphatic carbocycles. The normalized spacial score (nSPS) is 11.9. The summed E-state index contributed by atoms with van der Waals surface area (Å²) in [5.41, 5.74) is 7.03. The molecule has 0 radical (unpaired) electrons. The van der Waals surface area contributed by atoms with Gasteiger partial charge in [-0.2, -0.15) is 0 Å². The maximum absolute atomic E-state index is 3.57. The van der Waals surface area contributed by atoms with Crippen LogP contribution in [0.15, 0.2) is 30.5 Å². The molecule has 0 spiro atoms. The molecule has 1 aromatic carbocycles. The Labute approximate surface area is 129 Å². The van der Waals surface area contributed by atoms with E-state index in [0.29, 0.717) is 0 Å². The average Bonchev–Trinajstić information content (AvgIpc) is 2.77. The van der Waals surface area contributed by atoms with Gasteiger partial charge in [0.25, 0.3) is 0 Å². The van der Waals surface area contributed by atoms with Gasteiger partial charge >= 0.3 is 0 Å². The SMILES string of the molecule is Cc1cc(C)c(Cn2cccc2CNC(C)(C)C)c(C)c1. The van der Waals surface area contributed by atoms with Crippen LogP contribution in [0.1, 0.15) is 48.7 Å². The monoisotopic (exact) mass is 284 g/mol. The average molecular weight is 284 g/mol. The van der Waals surface area contributed by atoms with Gasteiger partial charge in [-0.25, -0.2) is 0 Å². The van der Waals surface area contributed by atoms with Crippen molar-refractivity contribution in [1.29, 1.82) is 0 Å². The summed E-state index contributed by atoms with van der Waals surface area (Å²) in [5, 5.41) is 3.57. The molecule has 1 aromatic heterocycles. The number of hydrogen-bond acceptors (Lipinski definition) is 1. The highest BCUT2D eigenvalue weighted by Crippen LogP contribution is 2.19. The van der Waals surface area contributed by atoms with Gasteiger partial charge < -0.3 is 9.88 Å². The highest BCUT2D eigenvalue weighted by molar-refractivity contribution is 5.38. The van der Waals surface area contributed by atoms with Gasteiger partial charge in [0.05, 0.1) is 0 Å². The van der Waals surface area contributed by atoms with E-state index in [2.05, 4.69) is 81.9 Å². The van der Waals surface area contributed by atoms with Crippen LogP contribution in [0.2, 0.25) is 0 Å². The smallest absolute Gasteiger partial charge is 0.0478 e. The number of benzene rings is 1. The summed E-state index contributed by atoms with van der Waals surface area (Å²) in [5.74, 6) is 0. The molecule has 0 saturated carbocycles. The number of hydrogen-bond donors (Lipinski definition) is 1. The minimum atomic E-state index is 0.144. The van der Waals surface area contributed by atoms with E-state index in [1.54, 1.807) is 0 Å². The fraction of sp³-hybridized carbons (Fsp3) is 0.474. The maximum atomic E-state index is 3.57. The van der Waals surface area contributed by atoms with E-state index in [4.69, 9.17) is 0 Å². The summed E-state index contributed by atoms with van der Waals surface area (Å²) in [6.45, 7) is 15.1. The molecule has 2 aromatic rings. The van der Waals surface area contributed by atoms with Crippen molar-refractivity contribution in [2.75, 3.05) is 0 Å². The van der Waals surface area contributed by atoms with Crippen LogP contribution in [0.3, 0.4) is 0 Å². The highest BCUT2D eigenvalue weighted by Gasteiger charge is 2.11. The van der Waals surface area contributed by atoms with E-state index in [0.717, 1.165) is 13.1 Å². The molecule has 0 bridgehead atoms. The second-order valence-corrected chi connectivity index (χ2v) is 7.11. The Morgan fingerprint density at radius 2 is 1.67 bits per heavy atom. The Balaban J connectivity index is 2.20. The summed E-state index contributed by atoms with van der Waals surface area (Å²) in [6, 6.07) is 8.90. The van der Waals surface area contributed by atoms with Crippen molar-refractivity contribution in [2.24, 2.45) is 0 Å². The van der Waals surface area contributed by atoms with E-state index in [-0.39, 0.29) is 5.54 Å². The molecule has 21 heavy (non-hydrogen) atoms. The predicted octanol–water partition coefficient (Wildman–Crippen LogP) is 4.35. The van der Waals surface area contributed by atoms with Crippen LogP contribution < -0.4 is 5.32 Å². The lowest BCUT2D eigenvalue weighted by molar-refractivity contribution is 0.417. The van der Waals surface area contributed by atoms with Gasteiger partial charge in [-0.05, 0) is 70.4 Å². The minimum absolute atomic E-state index is 0.144. The summed E-state index contributed by atoms with van der Waals surface area (Å²) < 4.78 is 2.35. The third-order valence-corrected chi connectivity index (χ3v) is 3.89. The summed E-state index contributed by atoms with van der Waals surface area (Å²) in [4.78, 5) is 0. The zero-order valence-corrected chi connectivity index (χ0v) is 14.2. The molecule has 0 saturated heterocycles. The van der Waals surface area contributed by atoms with Gasteiger partial charge in [-0.1, -0.05) is 17.7 Å². The van der Waals surface area contributed by atoms with Crippen LogP contribution in [-0.2, 0) is 13.1 Å². The van der Waals surface area contributed by atoms with Crippen molar-refractivity contribution in [3.63, 3.8) is 0 Å². The number of aromatic nitrogens is 1. The van der Waals surface area contributed by atoms with E-state index in [9.17, 15) is 0 Å². The number of nitrogens with zero attached hydrogens (tertiary/aromatic N) is 1. The topological polar surface area (TPSA) is 17.0 Å². The molecular formula is C19H28N2. The first kappa shape index (κ1) is 15.8. The molecule has 2 heteroatoms. The summed E-state index contributed by atoms with van der Waals surface area (Å²) >= 11 is 0. The molecule has 0 amide bonds. The lowest BCUT2D eigenvalue weighted by Gasteiger charge is -2.22. The summed E-state index contributed by atoms with van der Waals surface area (Å²) in [6.07, 6.45) is 2.18.